The molecule has 0 aromatic heterocycles. The fourth-order valence-electron chi connectivity index (χ4n) is 0. The minimum Gasteiger partial charge on any atom is -1.00 e. The molecule has 0 aliphatic heterocycles. The molecule has 0 spiro atoms. The maximum atomic E-state index is 9.69. The summed E-state index contributed by atoms with van der Waals surface area (Å²) in [7, 11) is 0. The van der Waals surface area contributed by atoms with Gasteiger partial charge in [-0.25, -0.2) is 0 Å². The van der Waals surface area contributed by atoms with E-state index in [0.717, 1.165) is 0 Å². The van der Waals surface area contributed by atoms with Gasteiger partial charge in [-0.2, -0.15) is 0 Å². The number of halogens is 5. The molecule has 0 heterocycles. The highest BCUT2D eigenvalue weighted by Gasteiger charge is 2.14. The van der Waals surface area contributed by atoms with Crippen molar-refractivity contribution in [3.63, 3.8) is 0 Å². The Labute approximate surface area is 62.3 Å². The van der Waals surface area contributed by atoms with Crippen LogP contribution in [0.3, 0.4) is 0 Å². The first-order valence-corrected chi connectivity index (χ1v) is 1.39. The molecule has 0 rings (SSSR count). The molecule has 0 saturated heterocycles. The van der Waals surface area contributed by atoms with Crippen molar-refractivity contribution in [2.45, 2.75) is 0 Å². The van der Waals surface area contributed by atoms with Crippen LogP contribution >= 0.6 is 0 Å². The van der Waals surface area contributed by atoms with Crippen molar-refractivity contribution in [1.29, 1.82) is 0 Å². The predicted octanol–water partition coefficient (Wildman–Crippen LogP) is -5.54. The van der Waals surface area contributed by atoms with Crippen molar-refractivity contribution < 1.29 is 36.5 Å². The van der Waals surface area contributed by atoms with Crippen LogP contribution in [-0.2, 0) is 25.5 Å². The normalized spacial score (nSPS) is 5.14. The molecule has 0 aliphatic rings. The van der Waals surface area contributed by atoms with Gasteiger partial charge < -0.3 is 24.8 Å². The lowest BCUT2D eigenvalue weighted by atomic mass is 18.8. The molecule has 0 unspecified atom stereocenters. The molecule has 0 bridgehead atoms. The van der Waals surface area contributed by atoms with E-state index in [-0.39, 0.29) is 38.3 Å². The van der Waals surface area contributed by atoms with Crippen molar-refractivity contribution in [1.82, 2.24) is 0 Å². The first-order valence-electron chi connectivity index (χ1n) is 0.463. The zero-order valence-corrected chi connectivity index (χ0v) is 6.36. The summed E-state index contributed by atoms with van der Waals surface area (Å²) in [5, 5.41) is 0. The number of hydrogen-bond donors (Lipinski definition) is 0. The molecule has 0 aromatic carbocycles. The molecule has 0 saturated carbocycles. The molecule has 0 atom stereocenters. The largest absolute Gasteiger partial charge is 1.00 e. The van der Waals surface area contributed by atoms with Gasteiger partial charge in [-0.3, -0.25) is 0 Å². The third-order valence-corrected chi connectivity index (χ3v) is 0. The van der Waals surface area contributed by atoms with Crippen LogP contribution in [0.15, 0.2) is 0 Å². The molecule has 0 amide bonds. The highest BCUT2D eigenvalue weighted by atomic mass is 35.5. The van der Waals surface area contributed by atoms with Gasteiger partial charge in [0, 0.05) is 0 Å². The van der Waals surface area contributed by atoms with Crippen molar-refractivity contribution in [2.75, 3.05) is 0 Å². The van der Waals surface area contributed by atoms with E-state index in [2.05, 4.69) is 0 Å². The van der Waals surface area contributed by atoms with Crippen LogP contribution in [0, 0.1) is 0 Å². The summed E-state index contributed by atoms with van der Waals surface area (Å²) in [5.74, 6) is 0. The van der Waals surface area contributed by atoms with Gasteiger partial charge in [0.15, 0.2) is 0 Å². The fourth-order valence-corrected chi connectivity index (χ4v) is 0. The van der Waals surface area contributed by atoms with Gasteiger partial charge >= 0.3 is 12.1 Å². The van der Waals surface area contributed by atoms with E-state index in [9.17, 15) is 11.7 Å². The quantitative estimate of drug-likeness (QED) is 0.338. The molecule has 50 valence electrons. The van der Waals surface area contributed by atoms with E-state index in [1.54, 1.807) is 0 Å². The highest BCUT2D eigenvalue weighted by molar-refractivity contribution is 7.81. The summed E-state index contributed by atoms with van der Waals surface area (Å²) in [5.41, 5.74) is 0. The second kappa shape index (κ2) is 15.7. The van der Waals surface area contributed by atoms with Gasteiger partial charge in [-0.05, 0) is 0 Å². The Balaban J connectivity index is -0.0000000150. The third-order valence-electron chi connectivity index (χ3n) is 0. The van der Waals surface area contributed by atoms with Crippen molar-refractivity contribution in [2.24, 2.45) is 0 Å². The summed E-state index contributed by atoms with van der Waals surface area (Å²) < 4.78 is 29.1. The molecule has 0 nitrogen and oxygen atoms in total. The number of hydrogen-bond acceptors (Lipinski definition) is 0. The minimum absolute atomic E-state index is 0. The highest BCUT2D eigenvalue weighted by Crippen LogP contribution is 1.95. The van der Waals surface area contributed by atoms with Crippen LogP contribution in [0.5, 0.6) is 0 Å². The Morgan fingerprint density at radius 1 is 0.857 bits per heavy atom. The van der Waals surface area contributed by atoms with Crippen LogP contribution in [0.2, 0.25) is 0 Å². The van der Waals surface area contributed by atoms with E-state index in [0.29, 0.717) is 0 Å². The van der Waals surface area contributed by atoms with Crippen molar-refractivity contribution >= 4 is 25.5 Å². The molecule has 7 heavy (non-hydrogen) atoms. The predicted molar refractivity (Wildman–Crippen MR) is 22.2 cm³/mol. The summed E-state index contributed by atoms with van der Waals surface area (Å²) in [6, 6.07) is 0. The second-order valence-corrected chi connectivity index (χ2v) is 0.525. The zero-order valence-electron chi connectivity index (χ0n) is 2.88. The molecule has 0 radical (unpaired) electrons. The van der Waals surface area contributed by atoms with Crippen LogP contribution in [-0.4, -0.2) is 0 Å². The van der Waals surface area contributed by atoms with Crippen LogP contribution in [0.25, 0.3) is 0 Å². The molecular formula is H3Cl2F3S2. The van der Waals surface area contributed by atoms with Gasteiger partial charge in [-0.1, -0.05) is 13.5 Å². The average molecular weight is 195 g/mol. The van der Waals surface area contributed by atoms with Crippen molar-refractivity contribution in [3.05, 3.63) is 0 Å². The molecule has 7 heteroatoms. The standard InChI is InChI=1S/2ClH.F3S.H2S/c;;1-4(2)3;/h2*1H;;1H2/q;;+1;/p-1. The fraction of sp³-hybridized carbons (Fsp3) is 0. The Morgan fingerprint density at radius 3 is 0.857 bits per heavy atom. The number of rotatable bonds is 0. The zero-order chi connectivity index (χ0) is 3.58. The minimum atomic E-state index is -3.86. The molecule has 0 fully saturated rings. The lowest BCUT2D eigenvalue weighted by molar-refractivity contribution is -0.00100. The topological polar surface area (TPSA) is 0 Å². The van der Waals surface area contributed by atoms with Gasteiger partial charge in [0.25, 0.3) is 0 Å². The lowest BCUT2D eigenvalue weighted by Crippen LogP contribution is -3.00. The van der Waals surface area contributed by atoms with Crippen LogP contribution in [0.1, 0.15) is 0 Å². The summed E-state index contributed by atoms with van der Waals surface area (Å²) in [4.78, 5) is 0. The summed E-state index contributed by atoms with van der Waals surface area (Å²) in [6.07, 6.45) is 0. The smallest absolute Gasteiger partial charge is 0.661 e. The Kier molecular flexibility index (Phi) is 54.7. The Hall–Kier alpha value is 1.07. The second-order valence-electron chi connectivity index (χ2n) is 0.175. The van der Waals surface area contributed by atoms with E-state index >= 15 is 0 Å². The van der Waals surface area contributed by atoms with Crippen LogP contribution < -0.4 is 24.8 Å². The van der Waals surface area contributed by atoms with Gasteiger partial charge in [-0.15, -0.1) is 0 Å². The van der Waals surface area contributed by atoms with Gasteiger partial charge in [0.1, 0.15) is 11.7 Å². The first-order chi connectivity index (χ1) is 1.73. The van der Waals surface area contributed by atoms with Crippen LogP contribution in [0.4, 0.5) is 11.7 Å². The third kappa shape index (κ3) is 159. The van der Waals surface area contributed by atoms with E-state index in [4.69, 9.17) is 0 Å². The van der Waals surface area contributed by atoms with E-state index < -0.39 is 12.1 Å². The lowest BCUT2D eigenvalue weighted by Gasteiger charge is -1.37. The summed E-state index contributed by atoms with van der Waals surface area (Å²) in [6.45, 7) is 0. The Morgan fingerprint density at radius 2 is 0.857 bits per heavy atom. The molecule has 0 N–H and O–H groups in total. The average Bonchev–Trinajstić information content (AvgIpc) is 0.811. The maximum absolute atomic E-state index is 9.69. The molecule has 0 aromatic rings. The van der Waals surface area contributed by atoms with Crippen molar-refractivity contribution in [3.8, 4) is 0 Å². The van der Waals surface area contributed by atoms with Gasteiger partial charge in [0.2, 0.25) is 0 Å². The monoisotopic (exact) mass is 194 g/mol. The molecule has 0 aliphatic carbocycles. The first kappa shape index (κ1) is 24.4. The Bertz CT molecular complexity index is 15.7. The summed E-state index contributed by atoms with van der Waals surface area (Å²) >= 11 is -3.86. The molecular weight excluding hydrogens is 192 g/mol. The van der Waals surface area contributed by atoms with Gasteiger partial charge in [0.05, 0.1) is 0 Å². The maximum Gasteiger partial charge on any atom is 0.661 e. The van der Waals surface area contributed by atoms with E-state index in [1.807, 2.05) is 0 Å². The van der Waals surface area contributed by atoms with E-state index in [1.165, 1.54) is 0 Å². The SMILES string of the molecule is F[S+](F)F.[Cl-].[Cl-].[SH3+].